The van der Waals surface area contributed by atoms with Gasteiger partial charge >= 0.3 is 12.2 Å². The van der Waals surface area contributed by atoms with Crippen LogP contribution in [-0.2, 0) is 10.2 Å². The first kappa shape index (κ1) is 18.0. The van der Waals surface area contributed by atoms with Crippen molar-refractivity contribution in [1.82, 2.24) is 9.78 Å². The van der Waals surface area contributed by atoms with Gasteiger partial charge in [-0.25, -0.2) is 9.59 Å². The maximum absolute atomic E-state index is 12.5. The van der Waals surface area contributed by atoms with Gasteiger partial charge in [0.2, 0.25) is 0 Å². The molecule has 1 amide bonds. The predicted molar refractivity (Wildman–Crippen MR) is 96.5 cm³/mol. The highest BCUT2D eigenvalue weighted by Gasteiger charge is 2.42. The molecular weight excluding hydrogens is 334 g/mol. The first-order chi connectivity index (χ1) is 12.2. The number of anilines is 1. The Morgan fingerprint density at radius 3 is 2.42 bits per heavy atom. The minimum atomic E-state index is -0.701. The minimum absolute atomic E-state index is 0.0625. The molecule has 138 valence electrons. The molecule has 1 aliphatic carbocycles. The summed E-state index contributed by atoms with van der Waals surface area (Å²) in [5, 5.41) is 6.94. The summed E-state index contributed by atoms with van der Waals surface area (Å²) < 4.78 is 11.7. The van der Waals surface area contributed by atoms with Gasteiger partial charge in [-0.15, -0.1) is 4.68 Å². The van der Waals surface area contributed by atoms with E-state index in [-0.39, 0.29) is 11.2 Å². The van der Waals surface area contributed by atoms with Gasteiger partial charge in [0.15, 0.2) is 0 Å². The van der Waals surface area contributed by atoms with Gasteiger partial charge in [0.25, 0.3) is 0 Å². The van der Waals surface area contributed by atoms with Gasteiger partial charge in [0, 0.05) is 11.5 Å². The van der Waals surface area contributed by atoms with Crippen LogP contribution in [0.3, 0.4) is 0 Å². The molecule has 0 atom stereocenters. The number of nitrogens with one attached hydrogen (secondary N) is 1. The molecule has 0 unspecified atom stereocenters. The Kier molecular flexibility index (Phi) is 4.48. The Balaban J connectivity index is 1.81. The van der Waals surface area contributed by atoms with Crippen LogP contribution in [0.2, 0.25) is 0 Å². The summed E-state index contributed by atoms with van der Waals surface area (Å²) in [7, 11) is 0. The average Bonchev–Trinajstić information content (AvgIpc) is 3.14. The summed E-state index contributed by atoms with van der Waals surface area (Å²) in [6, 6.07) is 10.4. The van der Waals surface area contributed by atoms with Gasteiger partial charge < -0.3 is 9.47 Å². The van der Waals surface area contributed by atoms with Crippen molar-refractivity contribution < 1.29 is 19.1 Å². The van der Waals surface area contributed by atoms with E-state index in [4.69, 9.17) is 9.47 Å². The summed E-state index contributed by atoms with van der Waals surface area (Å²) in [4.78, 5) is 24.7. The van der Waals surface area contributed by atoms with Crippen molar-refractivity contribution in [2.75, 3.05) is 5.32 Å². The maximum atomic E-state index is 12.5. The third-order valence-electron chi connectivity index (χ3n) is 4.08. The van der Waals surface area contributed by atoms with E-state index in [0.717, 1.165) is 23.2 Å². The Morgan fingerprint density at radius 1 is 1.19 bits per heavy atom. The molecule has 7 nitrogen and oxygen atoms in total. The van der Waals surface area contributed by atoms with Crippen LogP contribution in [-0.4, -0.2) is 27.6 Å². The number of aromatic nitrogens is 2. The molecule has 1 heterocycles. The molecule has 26 heavy (non-hydrogen) atoms. The molecule has 3 rings (SSSR count). The molecule has 0 spiro atoms. The summed E-state index contributed by atoms with van der Waals surface area (Å²) >= 11 is 0. The molecule has 1 aliphatic rings. The van der Waals surface area contributed by atoms with Crippen LogP contribution < -0.4 is 10.1 Å². The number of carbonyl (C=O) groups excluding carboxylic acids is 2. The largest absolute Gasteiger partial charge is 0.442 e. The number of benzene rings is 1. The smallest absolute Gasteiger partial charge is 0.437 e. The van der Waals surface area contributed by atoms with Gasteiger partial charge in [0.1, 0.15) is 17.2 Å². The average molecular weight is 357 g/mol. The molecule has 1 saturated carbocycles. The van der Waals surface area contributed by atoms with Crippen molar-refractivity contribution >= 4 is 18.0 Å². The fourth-order valence-electron chi connectivity index (χ4n) is 2.38. The highest BCUT2D eigenvalue weighted by molar-refractivity contribution is 5.88. The summed E-state index contributed by atoms with van der Waals surface area (Å²) in [6.07, 6.45) is 0.634. The highest BCUT2D eigenvalue weighted by Crippen LogP contribution is 2.47. The molecule has 1 aromatic heterocycles. The molecule has 0 bridgehead atoms. The van der Waals surface area contributed by atoms with E-state index in [1.165, 1.54) is 0 Å². The molecule has 1 fully saturated rings. The fraction of sp³-hybridized carbons (Fsp3) is 0.421. The molecule has 2 aromatic rings. The van der Waals surface area contributed by atoms with E-state index >= 15 is 0 Å². The van der Waals surface area contributed by atoms with Crippen LogP contribution in [0.1, 0.15) is 46.2 Å². The first-order valence-electron chi connectivity index (χ1n) is 8.54. The molecule has 7 heteroatoms. The number of para-hydroxylation sites is 1. The van der Waals surface area contributed by atoms with Gasteiger partial charge in [-0.05, 0) is 45.7 Å². The SMILES string of the molecule is CC(C)(C)OC(=O)n1nc(C2(C)CC2)cc1NC(=O)Oc1ccccc1. The van der Waals surface area contributed by atoms with E-state index in [0.29, 0.717) is 5.75 Å². The van der Waals surface area contributed by atoms with Crippen molar-refractivity contribution in [3.63, 3.8) is 0 Å². The molecule has 0 radical (unpaired) electrons. The van der Waals surface area contributed by atoms with Crippen LogP contribution in [0, 0.1) is 0 Å². The van der Waals surface area contributed by atoms with Crippen molar-refractivity contribution in [1.29, 1.82) is 0 Å². The molecular formula is C19H23N3O4. The topological polar surface area (TPSA) is 82.5 Å². The van der Waals surface area contributed by atoms with E-state index in [1.807, 2.05) is 6.07 Å². The monoisotopic (exact) mass is 357 g/mol. The van der Waals surface area contributed by atoms with Crippen LogP contribution >= 0.6 is 0 Å². The number of hydrogen-bond acceptors (Lipinski definition) is 5. The highest BCUT2D eigenvalue weighted by atomic mass is 16.6. The Hall–Kier alpha value is -2.83. The second kappa shape index (κ2) is 6.48. The zero-order valence-corrected chi connectivity index (χ0v) is 15.4. The van der Waals surface area contributed by atoms with Gasteiger partial charge in [-0.2, -0.15) is 5.10 Å². The zero-order chi connectivity index (χ0) is 18.9. The normalized spacial score (nSPS) is 15.2. The Labute approximate surface area is 152 Å². The second-order valence-electron chi connectivity index (χ2n) is 7.70. The summed E-state index contributed by atoms with van der Waals surface area (Å²) in [5.74, 6) is 0.631. The zero-order valence-electron chi connectivity index (χ0n) is 15.4. The van der Waals surface area contributed by atoms with Crippen LogP contribution in [0.4, 0.5) is 15.4 Å². The number of rotatable bonds is 3. The molecule has 1 aromatic carbocycles. The number of amides is 1. The summed E-state index contributed by atoms with van der Waals surface area (Å²) in [6.45, 7) is 7.39. The third-order valence-corrected chi connectivity index (χ3v) is 4.08. The minimum Gasteiger partial charge on any atom is -0.442 e. The predicted octanol–water partition coefficient (Wildman–Crippen LogP) is 4.33. The van der Waals surface area contributed by atoms with Gasteiger partial charge in [-0.1, -0.05) is 25.1 Å². The lowest BCUT2D eigenvalue weighted by atomic mass is 10.1. The van der Waals surface area contributed by atoms with E-state index < -0.39 is 17.8 Å². The van der Waals surface area contributed by atoms with Crippen LogP contribution in [0.15, 0.2) is 36.4 Å². The molecule has 1 N–H and O–H groups in total. The van der Waals surface area contributed by atoms with Crippen molar-refractivity contribution in [2.24, 2.45) is 0 Å². The Morgan fingerprint density at radius 2 is 1.85 bits per heavy atom. The number of nitrogens with zero attached hydrogens (tertiary/aromatic N) is 2. The lowest BCUT2D eigenvalue weighted by Gasteiger charge is -2.19. The third kappa shape index (κ3) is 4.22. The van der Waals surface area contributed by atoms with Gasteiger partial charge in [0.05, 0.1) is 5.69 Å². The lowest BCUT2D eigenvalue weighted by Crippen LogP contribution is -2.29. The number of hydrogen-bond donors (Lipinski definition) is 1. The molecule has 0 saturated heterocycles. The van der Waals surface area contributed by atoms with Crippen LogP contribution in [0.5, 0.6) is 5.75 Å². The first-order valence-corrected chi connectivity index (χ1v) is 8.54. The van der Waals surface area contributed by atoms with E-state index in [1.54, 1.807) is 51.1 Å². The van der Waals surface area contributed by atoms with Crippen molar-refractivity contribution in [3.8, 4) is 5.75 Å². The van der Waals surface area contributed by atoms with E-state index in [2.05, 4.69) is 17.3 Å². The lowest BCUT2D eigenvalue weighted by molar-refractivity contribution is 0.0518. The maximum Gasteiger partial charge on any atom is 0.437 e. The Bertz CT molecular complexity index is 817. The quantitative estimate of drug-likeness (QED) is 0.884. The second-order valence-corrected chi connectivity index (χ2v) is 7.70. The van der Waals surface area contributed by atoms with Crippen LogP contribution in [0.25, 0.3) is 0 Å². The van der Waals surface area contributed by atoms with Crippen molar-refractivity contribution in [2.45, 2.75) is 51.6 Å². The molecule has 0 aliphatic heterocycles. The van der Waals surface area contributed by atoms with Gasteiger partial charge in [-0.3, -0.25) is 5.32 Å². The van der Waals surface area contributed by atoms with E-state index in [9.17, 15) is 9.59 Å². The summed E-state index contributed by atoms with van der Waals surface area (Å²) in [5.41, 5.74) is 0.0139. The fourth-order valence-corrected chi connectivity index (χ4v) is 2.38. The van der Waals surface area contributed by atoms with Crippen molar-refractivity contribution in [3.05, 3.63) is 42.1 Å². The number of carbonyl (C=O) groups is 2. The number of ether oxygens (including phenoxy) is 2. The standard InChI is InChI=1S/C19H23N3O4/c1-18(2,3)26-17(24)22-15(12-14(21-22)19(4)10-11-19)20-16(23)25-13-8-6-5-7-9-13/h5-9,12H,10-11H2,1-4H3,(H,20,23).